The van der Waals surface area contributed by atoms with Crippen LogP contribution in [0.2, 0.25) is 0 Å². The van der Waals surface area contributed by atoms with Crippen molar-refractivity contribution in [2.75, 3.05) is 14.2 Å². The third kappa shape index (κ3) is 4.40. The van der Waals surface area contributed by atoms with E-state index in [1.807, 2.05) is 0 Å². The number of hydrogen-bond donors (Lipinski definition) is 1. The number of aromatic amines is 1. The highest BCUT2D eigenvalue weighted by Gasteiger charge is 2.28. The lowest BCUT2D eigenvalue weighted by Crippen LogP contribution is -2.15. The Hall–Kier alpha value is -2.30. The number of H-pyrrole nitrogens is 1. The average molecular weight is 432 g/mol. The number of imidazole rings is 1. The Labute approximate surface area is 167 Å². The van der Waals surface area contributed by atoms with Gasteiger partial charge in [-0.05, 0) is 19.1 Å². The Morgan fingerprint density at radius 1 is 1.29 bits per heavy atom. The highest BCUT2D eigenvalue weighted by atomic mass is 35.5. The molecule has 28 heavy (non-hydrogen) atoms. The van der Waals surface area contributed by atoms with E-state index in [0.717, 1.165) is 0 Å². The molecule has 0 radical (unpaired) electrons. The first kappa shape index (κ1) is 20.4. The van der Waals surface area contributed by atoms with Crippen LogP contribution in [0.3, 0.4) is 0 Å². The van der Waals surface area contributed by atoms with E-state index in [2.05, 4.69) is 19.7 Å². The van der Waals surface area contributed by atoms with E-state index in [0.29, 0.717) is 33.8 Å². The Balaban J connectivity index is 1.85. The molecule has 3 aromatic rings. The molecule has 0 aliphatic carbocycles. The highest BCUT2D eigenvalue weighted by Crippen LogP contribution is 2.33. The zero-order valence-electron chi connectivity index (χ0n) is 15.1. The van der Waals surface area contributed by atoms with E-state index in [9.17, 15) is 13.3 Å². The van der Waals surface area contributed by atoms with E-state index in [4.69, 9.17) is 21.1 Å². The molecule has 0 saturated heterocycles. The van der Waals surface area contributed by atoms with Crippen LogP contribution in [0, 0.1) is 6.92 Å². The Bertz CT molecular complexity index is 996. The summed E-state index contributed by atoms with van der Waals surface area (Å²) in [6, 6.07) is 4.08. The summed E-state index contributed by atoms with van der Waals surface area (Å²) in [5.41, 5.74) is -1.73. The van der Waals surface area contributed by atoms with Crippen molar-refractivity contribution in [2.45, 2.75) is 23.4 Å². The summed E-state index contributed by atoms with van der Waals surface area (Å²) >= 11 is 3.21. The lowest BCUT2D eigenvalue weighted by Gasteiger charge is -2.14. The topological polar surface area (TPSA) is 92.3 Å². The molecule has 2 heterocycles. The smallest absolute Gasteiger partial charge is 0.487 e. The van der Waals surface area contributed by atoms with Crippen molar-refractivity contribution in [3.63, 3.8) is 0 Å². The number of benzene rings is 1. The van der Waals surface area contributed by atoms with Gasteiger partial charge in [0.1, 0.15) is 5.75 Å². The summed E-state index contributed by atoms with van der Waals surface area (Å²) in [6.45, 7) is 1.79. The minimum Gasteiger partial charge on any atom is -0.609 e. The Morgan fingerprint density at radius 2 is 2.04 bits per heavy atom. The summed E-state index contributed by atoms with van der Waals surface area (Å²) in [4.78, 5) is 11.4. The molecule has 0 fully saturated rings. The van der Waals surface area contributed by atoms with Crippen LogP contribution in [0.5, 0.6) is 17.2 Å². The molecule has 0 aliphatic rings. The van der Waals surface area contributed by atoms with E-state index < -0.39 is 16.7 Å². The van der Waals surface area contributed by atoms with E-state index >= 15 is 0 Å². The predicted molar refractivity (Wildman–Crippen MR) is 99.7 cm³/mol. The number of hydrogen-bond acceptors (Lipinski definition) is 6. The van der Waals surface area contributed by atoms with Gasteiger partial charge >= 0.3 is 10.7 Å². The number of aromatic nitrogens is 3. The molecular weight excluding hydrogens is 416 g/mol. The van der Waals surface area contributed by atoms with Gasteiger partial charge in [0.05, 0.1) is 37.1 Å². The monoisotopic (exact) mass is 431 g/mol. The van der Waals surface area contributed by atoms with Crippen LogP contribution in [0.1, 0.15) is 11.3 Å². The molecule has 1 N–H and O–H groups in total. The minimum atomic E-state index is -3.83. The number of halogens is 3. The molecule has 0 spiro atoms. The molecule has 7 nitrogen and oxygen atoms in total. The lowest BCUT2D eigenvalue weighted by molar-refractivity contribution is -0.0964. The number of rotatable bonds is 7. The number of alkyl halides is 3. The van der Waals surface area contributed by atoms with Gasteiger partial charge in [-0.15, -0.1) is 8.78 Å². The van der Waals surface area contributed by atoms with Crippen LogP contribution in [-0.2, 0) is 16.9 Å². The number of ether oxygens (including phenoxy) is 3. The molecular formula is C17H16ClF2N3O4S. The molecule has 1 aromatic carbocycles. The van der Waals surface area contributed by atoms with Gasteiger partial charge in [0.25, 0.3) is 0 Å². The predicted octanol–water partition coefficient (Wildman–Crippen LogP) is 3.76. The average Bonchev–Trinajstić information content (AvgIpc) is 3.05. The molecule has 0 saturated carbocycles. The van der Waals surface area contributed by atoms with Gasteiger partial charge in [-0.1, -0.05) is 0 Å². The second kappa shape index (κ2) is 7.98. The number of methoxy groups -OCH3 is 2. The maximum absolute atomic E-state index is 12.8. The normalized spacial score (nSPS) is 12.8. The second-order valence-electron chi connectivity index (χ2n) is 5.69. The van der Waals surface area contributed by atoms with E-state index in [1.165, 1.54) is 38.6 Å². The minimum absolute atomic E-state index is 0.0785. The van der Waals surface area contributed by atoms with Crippen molar-refractivity contribution < 1.29 is 27.5 Å². The molecule has 0 aliphatic heterocycles. The SMILES string of the molecule is COc1cnc(C[S+]([O-])c2nc3cc(OC(F)(F)Cl)ccc3[nH]2)c(C)c1OC. The zero-order valence-corrected chi connectivity index (χ0v) is 16.7. The number of nitrogens with zero attached hydrogens (tertiary/aromatic N) is 2. The first-order chi connectivity index (χ1) is 13.2. The molecule has 0 amide bonds. The van der Waals surface area contributed by atoms with Gasteiger partial charge in [-0.3, -0.25) is 9.97 Å². The second-order valence-corrected chi connectivity index (χ2v) is 7.50. The zero-order chi connectivity index (χ0) is 20.5. The fraction of sp³-hybridized carbons (Fsp3) is 0.294. The summed E-state index contributed by atoms with van der Waals surface area (Å²) in [5, 5.41) is 0.181. The van der Waals surface area contributed by atoms with Crippen LogP contribution in [-0.4, -0.2) is 39.3 Å². The van der Waals surface area contributed by atoms with Gasteiger partial charge in [0.15, 0.2) is 17.3 Å². The fourth-order valence-electron chi connectivity index (χ4n) is 2.61. The standard InChI is InChI=1S/C17H16ClF2N3O4S/c1-9-13(21-7-14(25-2)15(9)26-3)8-28(24)16-22-11-5-4-10(6-12(11)23-16)27-17(18,19)20/h4-7H,8H2,1-3H3,(H,22,23). The summed E-state index contributed by atoms with van der Waals surface area (Å²) < 4.78 is 53.1. The first-order valence-electron chi connectivity index (χ1n) is 7.92. The van der Waals surface area contributed by atoms with Gasteiger partial charge < -0.3 is 18.8 Å². The maximum Gasteiger partial charge on any atom is 0.487 e. The molecule has 11 heteroatoms. The molecule has 0 bridgehead atoms. The van der Waals surface area contributed by atoms with E-state index in [1.54, 1.807) is 6.92 Å². The summed E-state index contributed by atoms with van der Waals surface area (Å²) in [6.07, 6.45) is 1.49. The van der Waals surface area contributed by atoms with E-state index in [-0.39, 0.29) is 16.7 Å². The largest absolute Gasteiger partial charge is 0.609 e. The van der Waals surface area contributed by atoms with Gasteiger partial charge in [0, 0.05) is 34.4 Å². The summed E-state index contributed by atoms with van der Waals surface area (Å²) in [7, 11) is 3.01. The quantitative estimate of drug-likeness (QED) is 0.452. The van der Waals surface area contributed by atoms with Crippen molar-refractivity contribution in [3.8, 4) is 17.2 Å². The first-order valence-corrected chi connectivity index (χ1v) is 9.62. The molecule has 2 aromatic heterocycles. The number of nitrogens with one attached hydrogen (secondary N) is 1. The van der Waals surface area contributed by atoms with Crippen LogP contribution >= 0.6 is 11.6 Å². The Kier molecular flexibility index (Phi) is 5.82. The third-order valence-electron chi connectivity index (χ3n) is 3.91. The van der Waals surface area contributed by atoms with Gasteiger partial charge in [0.2, 0.25) is 0 Å². The lowest BCUT2D eigenvalue weighted by atomic mass is 10.2. The molecule has 3 rings (SSSR count). The van der Waals surface area contributed by atoms with Crippen molar-refractivity contribution >= 4 is 33.8 Å². The highest BCUT2D eigenvalue weighted by molar-refractivity contribution is 7.90. The number of pyridine rings is 1. The van der Waals surface area contributed by atoms with Crippen LogP contribution in [0.25, 0.3) is 11.0 Å². The fourth-order valence-corrected chi connectivity index (χ4v) is 3.80. The van der Waals surface area contributed by atoms with Crippen LogP contribution < -0.4 is 14.2 Å². The van der Waals surface area contributed by atoms with Gasteiger partial charge in [-0.25, -0.2) is 0 Å². The number of fused-ring (bicyclic) bond motifs is 1. The van der Waals surface area contributed by atoms with Crippen LogP contribution in [0.15, 0.2) is 29.6 Å². The Morgan fingerprint density at radius 3 is 2.68 bits per heavy atom. The van der Waals surface area contributed by atoms with Crippen molar-refractivity contribution in [1.82, 2.24) is 15.0 Å². The summed E-state index contributed by atoms with van der Waals surface area (Å²) in [5.74, 6) is 0.906. The van der Waals surface area contributed by atoms with Crippen LogP contribution in [0.4, 0.5) is 8.78 Å². The molecule has 150 valence electrons. The maximum atomic E-state index is 12.8. The van der Waals surface area contributed by atoms with Crippen molar-refractivity contribution in [1.29, 1.82) is 0 Å². The molecule has 1 atom stereocenters. The third-order valence-corrected chi connectivity index (χ3v) is 5.15. The van der Waals surface area contributed by atoms with Crippen molar-refractivity contribution in [3.05, 3.63) is 35.7 Å². The van der Waals surface area contributed by atoms with Crippen molar-refractivity contribution in [2.24, 2.45) is 0 Å². The van der Waals surface area contributed by atoms with Gasteiger partial charge in [-0.2, -0.15) is 4.98 Å². The molecule has 1 unspecified atom stereocenters.